The maximum atomic E-state index is 5.75. The zero-order valence-corrected chi connectivity index (χ0v) is 12.7. The molecule has 1 saturated heterocycles. The average Bonchev–Trinajstić information content (AvgIpc) is 2.26. The lowest BCUT2D eigenvalue weighted by Gasteiger charge is -2.35. The molecular formula is C15H32N2O. The molecule has 0 spiro atoms. The van der Waals surface area contributed by atoms with E-state index in [4.69, 9.17) is 4.74 Å². The van der Waals surface area contributed by atoms with Crippen LogP contribution < -0.4 is 5.32 Å². The number of nitrogens with zero attached hydrogens (tertiary/aromatic N) is 1. The molecule has 0 radical (unpaired) electrons. The van der Waals surface area contributed by atoms with E-state index in [0.717, 1.165) is 13.1 Å². The molecule has 1 heterocycles. The van der Waals surface area contributed by atoms with Gasteiger partial charge in [0.05, 0.1) is 12.2 Å². The van der Waals surface area contributed by atoms with E-state index in [1.54, 1.807) is 0 Å². The van der Waals surface area contributed by atoms with Crippen LogP contribution in [0.5, 0.6) is 0 Å². The number of nitrogens with one attached hydrogen (secondary N) is 1. The summed E-state index contributed by atoms with van der Waals surface area (Å²) in [6.07, 6.45) is 6.18. The highest BCUT2D eigenvalue weighted by atomic mass is 16.5. The van der Waals surface area contributed by atoms with Gasteiger partial charge in [0.2, 0.25) is 0 Å². The summed E-state index contributed by atoms with van der Waals surface area (Å²) < 4.78 is 5.75. The van der Waals surface area contributed by atoms with Crippen LogP contribution >= 0.6 is 0 Å². The van der Waals surface area contributed by atoms with Crippen molar-refractivity contribution >= 4 is 0 Å². The third-order valence-electron chi connectivity index (χ3n) is 3.45. The Kier molecular flexibility index (Phi) is 7.87. The second kappa shape index (κ2) is 8.89. The highest BCUT2D eigenvalue weighted by Crippen LogP contribution is 2.11. The van der Waals surface area contributed by atoms with Crippen molar-refractivity contribution in [2.24, 2.45) is 0 Å². The molecule has 3 nitrogen and oxygen atoms in total. The first-order valence-electron chi connectivity index (χ1n) is 7.69. The van der Waals surface area contributed by atoms with Gasteiger partial charge < -0.3 is 10.1 Å². The van der Waals surface area contributed by atoms with Crippen LogP contribution in [0.15, 0.2) is 0 Å². The van der Waals surface area contributed by atoms with Crippen molar-refractivity contribution in [3.05, 3.63) is 0 Å². The minimum atomic E-state index is 0.406. The molecule has 0 aromatic carbocycles. The number of rotatable bonds is 8. The van der Waals surface area contributed by atoms with Gasteiger partial charge in [0, 0.05) is 19.1 Å². The fourth-order valence-electron chi connectivity index (χ4n) is 2.67. The molecule has 0 aromatic rings. The van der Waals surface area contributed by atoms with Crippen LogP contribution in [-0.2, 0) is 4.74 Å². The molecule has 0 bridgehead atoms. The molecule has 1 N–H and O–H groups in total. The summed E-state index contributed by atoms with van der Waals surface area (Å²) in [7, 11) is 0. The van der Waals surface area contributed by atoms with E-state index in [2.05, 4.69) is 37.9 Å². The maximum Gasteiger partial charge on any atom is 0.0678 e. The number of hydrogen-bond donors (Lipinski definition) is 1. The average molecular weight is 256 g/mol. The summed E-state index contributed by atoms with van der Waals surface area (Å²) in [5.74, 6) is 0. The normalized spacial score (nSPS) is 25.8. The van der Waals surface area contributed by atoms with E-state index >= 15 is 0 Å². The smallest absolute Gasteiger partial charge is 0.0678 e. The first-order valence-corrected chi connectivity index (χ1v) is 7.69. The zero-order chi connectivity index (χ0) is 13.4. The van der Waals surface area contributed by atoms with E-state index in [9.17, 15) is 0 Å². The van der Waals surface area contributed by atoms with Crippen molar-refractivity contribution in [3.8, 4) is 0 Å². The van der Waals surface area contributed by atoms with Crippen molar-refractivity contribution in [1.82, 2.24) is 10.2 Å². The molecule has 1 aliphatic heterocycles. The van der Waals surface area contributed by atoms with Crippen LogP contribution in [0.3, 0.4) is 0 Å². The third-order valence-corrected chi connectivity index (χ3v) is 3.45. The monoisotopic (exact) mass is 256 g/mol. The second-order valence-corrected chi connectivity index (χ2v) is 6.04. The Bertz CT molecular complexity index is 199. The fourth-order valence-corrected chi connectivity index (χ4v) is 2.67. The van der Waals surface area contributed by atoms with Crippen molar-refractivity contribution in [2.75, 3.05) is 26.2 Å². The SMILES string of the molecule is CC(C)NCCCCCCN1CC(C)OC(C)C1. The third kappa shape index (κ3) is 7.34. The van der Waals surface area contributed by atoms with Gasteiger partial charge in [-0.1, -0.05) is 26.7 Å². The van der Waals surface area contributed by atoms with Crippen LogP contribution in [0.2, 0.25) is 0 Å². The zero-order valence-electron chi connectivity index (χ0n) is 12.7. The summed E-state index contributed by atoms with van der Waals surface area (Å²) in [4.78, 5) is 2.56. The number of hydrogen-bond acceptors (Lipinski definition) is 3. The molecule has 2 atom stereocenters. The fraction of sp³-hybridized carbons (Fsp3) is 1.00. The Balaban J connectivity index is 1.94. The van der Waals surface area contributed by atoms with Crippen LogP contribution in [0.1, 0.15) is 53.4 Å². The first kappa shape index (κ1) is 15.9. The predicted octanol–water partition coefficient (Wildman–Crippen LogP) is 2.65. The van der Waals surface area contributed by atoms with Gasteiger partial charge in [-0.2, -0.15) is 0 Å². The Morgan fingerprint density at radius 1 is 1.06 bits per heavy atom. The van der Waals surface area contributed by atoms with Crippen molar-refractivity contribution in [1.29, 1.82) is 0 Å². The van der Waals surface area contributed by atoms with Crippen LogP contribution in [0, 0.1) is 0 Å². The van der Waals surface area contributed by atoms with Gasteiger partial charge in [0.1, 0.15) is 0 Å². The summed E-state index contributed by atoms with van der Waals surface area (Å²) >= 11 is 0. The Hall–Kier alpha value is -0.120. The standard InChI is InChI=1S/C15H32N2O/c1-13(2)16-9-7-5-6-8-10-17-11-14(3)18-15(4)12-17/h13-16H,5-12H2,1-4H3. The molecule has 108 valence electrons. The number of ether oxygens (including phenoxy) is 1. The molecule has 0 saturated carbocycles. The van der Waals surface area contributed by atoms with Gasteiger partial charge in [0.25, 0.3) is 0 Å². The topological polar surface area (TPSA) is 24.5 Å². The highest BCUT2D eigenvalue weighted by molar-refractivity contribution is 4.72. The lowest BCUT2D eigenvalue weighted by Crippen LogP contribution is -2.45. The van der Waals surface area contributed by atoms with Gasteiger partial charge in [-0.15, -0.1) is 0 Å². The Morgan fingerprint density at radius 3 is 2.28 bits per heavy atom. The molecule has 1 rings (SSSR count). The van der Waals surface area contributed by atoms with Crippen molar-refractivity contribution < 1.29 is 4.74 Å². The Labute approximate surface area is 113 Å². The molecule has 1 aliphatic rings. The number of morpholine rings is 1. The molecule has 2 unspecified atom stereocenters. The summed E-state index contributed by atoms with van der Waals surface area (Å²) in [6.45, 7) is 13.4. The maximum absolute atomic E-state index is 5.75. The van der Waals surface area contributed by atoms with Gasteiger partial charge in [-0.25, -0.2) is 0 Å². The molecule has 0 amide bonds. The van der Waals surface area contributed by atoms with Crippen LogP contribution in [0.25, 0.3) is 0 Å². The highest BCUT2D eigenvalue weighted by Gasteiger charge is 2.21. The van der Waals surface area contributed by atoms with Crippen molar-refractivity contribution in [2.45, 2.75) is 71.6 Å². The molecule has 1 fully saturated rings. The summed E-state index contributed by atoms with van der Waals surface area (Å²) in [6, 6.07) is 0.626. The minimum absolute atomic E-state index is 0.406. The quantitative estimate of drug-likeness (QED) is 0.676. The van der Waals surface area contributed by atoms with E-state index in [1.165, 1.54) is 38.8 Å². The van der Waals surface area contributed by atoms with Gasteiger partial charge >= 0.3 is 0 Å². The van der Waals surface area contributed by atoms with Gasteiger partial charge in [-0.05, 0) is 39.8 Å². The first-order chi connectivity index (χ1) is 8.58. The molecule has 18 heavy (non-hydrogen) atoms. The Morgan fingerprint density at radius 2 is 1.67 bits per heavy atom. The van der Waals surface area contributed by atoms with Crippen LogP contribution in [0.4, 0.5) is 0 Å². The van der Waals surface area contributed by atoms with Gasteiger partial charge in [0.15, 0.2) is 0 Å². The number of unbranched alkanes of at least 4 members (excludes halogenated alkanes) is 3. The van der Waals surface area contributed by atoms with E-state index in [-0.39, 0.29) is 0 Å². The molecular weight excluding hydrogens is 224 g/mol. The molecule has 0 aliphatic carbocycles. The van der Waals surface area contributed by atoms with E-state index in [0.29, 0.717) is 18.2 Å². The lowest BCUT2D eigenvalue weighted by molar-refractivity contribution is -0.0681. The summed E-state index contributed by atoms with van der Waals surface area (Å²) in [5.41, 5.74) is 0. The second-order valence-electron chi connectivity index (χ2n) is 6.04. The predicted molar refractivity (Wildman–Crippen MR) is 78.1 cm³/mol. The van der Waals surface area contributed by atoms with Gasteiger partial charge in [-0.3, -0.25) is 4.90 Å². The molecule has 0 aromatic heterocycles. The lowest BCUT2D eigenvalue weighted by atomic mass is 10.1. The largest absolute Gasteiger partial charge is 0.373 e. The van der Waals surface area contributed by atoms with Crippen LogP contribution in [-0.4, -0.2) is 49.3 Å². The molecule has 3 heteroatoms. The van der Waals surface area contributed by atoms with E-state index in [1.807, 2.05) is 0 Å². The summed E-state index contributed by atoms with van der Waals surface area (Å²) in [5, 5.41) is 3.47. The van der Waals surface area contributed by atoms with Crippen molar-refractivity contribution in [3.63, 3.8) is 0 Å². The van der Waals surface area contributed by atoms with E-state index < -0.39 is 0 Å². The minimum Gasteiger partial charge on any atom is -0.373 e.